The van der Waals surface area contributed by atoms with Crippen LogP contribution in [0.3, 0.4) is 0 Å². The van der Waals surface area contributed by atoms with Crippen LogP contribution in [0.25, 0.3) is 5.82 Å². The molecule has 3 N–H and O–H groups in total. The van der Waals surface area contributed by atoms with E-state index in [4.69, 9.17) is 5.73 Å². The molecule has 1 amide bonds. The third-order valence-electron chi connectivity index (χ3n) is 2.32. The van der Waals surface area contributed by atoms with E-state index >= 15 is 0 Å². The van der Waals surface area contributed by atoms with Crippen molar-refractivity contribution in [2.24, 2.45) is 5.73 Å². The molecule has 17 heavy (non-hydrogen) atoms. The number of carbonyl (C=O) groups excluding carboxylic acids is 1. The fourth-order valence-electron chi connectivity index (χ4n) is 1.53. The Kier molecular flexibility index (Phi) is 3.15. The third kappa shape index (κ3) is 2.31. The van der Waals surface area contributed by atoms with E-state index in [1.54, 1.807) is 17.1 Å². The molecule has 0 atom stereocenters. The van der Waals surface area contributed by atoms with Gasteiger partial charge in [0.2, 0.25) is 0 Å². The van der Waals surface area contributed by atoms with Crippen LogP contribution in [0.2, 0.25) is 0 Å². The van der Waals surface area contributed by atoms with Gasteiger partial charge in [0.05, 0.1) is 11.8 Å². The first-order valence-corrected chi connectivity index (χ1v) is 5.15. The van der Waals surface area contributed by atoms with Gasteiger partial charge < -0.3 is 11.1 Å². The molecule has 0 aliphatic heterocycles. The predicted octanol–water partition coefficient (Wildman–Crippen LogP) is 0.0856. The summed E-state index contributed by atoms with van der Waals surface area (Å²) in [7, 11) is 1.86. The average molecular weight is 231 g/mol. The fraction of sp³-hybridized carbons (Fsp3) is 0.182. The molecule has 0 aromatic carbocycles. The SMILES string of the molecule is CNCc1cccnc1-n1cc(C(N)=O)cn1. The fourth-order valence-corrected chi connectivity index (χ4v) is 1.53. The van der Waals surface area contributed by atoms with Gasteiger partial charge in [-0.15, -0.1) is 0 Å². The zero-order valence-corrected chi connectivity index (χ0v) is 9.42. The number of nitrogens with two attached hydrogens (primary N) is 1. The van der Waals surface area contributed by atoms with Crippen molar-refractivity contribution >= 4 is 5.91 Å². The Morgan fingerprint density at radius 3 is 3.06 bits per heavy atom. The second kappa shape index (κ2) is 4.75. The molecular weight excluding hydrogens is 218 g/mol. The van der Waals surface area contributed by atoms with E-state index in [1.165, 1.54) is 6.20 Å². The van der Waals surface area contributed by atoms with Crippen molar-refractivity contribution in [1.82, 2.24) is 20.1 Å². The molecule has 0 fully saturated rings. The third-order valence-corrected chi connectivity index (χ3v) is 2.32. The molecule has 6 nitrogen and oxygen atoms in total. The van der Waals surface area contributed by atoms with Crippen LogP contribution in [0.4, 0.5) is 0 Å². The highest BCUT2D eigenvalue weighted by Gasteiger charge is 2.09. The maximum absolute atomic E-state index is 11.0. The zero-order valence-electron chi connectivity index (χ0n) is 9.42. The summed E-state index contributed by atoms with van der Waals surface area (Å²) < 4.78 is 1.55. The van der Waals surface area contributed by atoms with Crippen LogP contribution in [0.1, 0.15) is 15.9 Å². The monoisotopic (exact) mass is 231 g/mol. The van der Waals surface area contributed by atoms with E-state index in [9.17, 15) is 4.79 Å². The largest absolute Gasteiger partial charge is 0.366 e. The summed E-state index contributed by atoms with van der Waals surface area (Å²) in [4.78, 5) is 15.2. The maximum Gasteiger partial charge on any atom is 0.251 e. The lowest BCUT2D eigenvalue weighted by atomic mass is 10.2. The number of aromatic nitrogens is 3. The number of nitrogens with one attached hydrogen (secondary N) is 1. The number of hydrogen-bond acceptors (Lipinski definition) is 4. The molecule has 0 saturated heterocycles. The van der Waals surface area contributed by atoms with Gasteiger partial charge in [0.1, 0.15) is 0 Å². The summed E-state index contributed by atoms with van der Waals surface area (Å²) in [6.07, 6.45) is 4.68. The first-order chi connectivity index (χ1) is 8.22. The molecule has 6 heteroatoms. The molecule has 0 aliphatic rings. The summed E-state index contributed by atoms with van der Waals surface area (Å²) in [5.41, 5.74) is 6.54. The van der Waals surface area contributed by atoms with Crippen molar-refractivity contribution < 1.29 is 4.79 Å². The zero-order chi connectivity index (χ0) is 12.3. The van der Waals surface area contributed by atoms with Crippen molar-refractivity contribution in [3.05, 3.63) is 41.9 Å². The number of pyridine rings is 1. The highest BCUT2D eigenvalue weighted by Crippen LogP contribution is 2.11. The van der Waals surface area contributed by atoms with Gasteiger partial charge in [-0.05, 0) is 13.1 Å². The molecule has 0 radical (unpaired) electrons. The number of nitrogens with zero attached hydrogens (tertiary/aromatic N) is 3. The van der Waals surface area contributed by atoms with Crippen LogP contribution in [0.5, 0.6) is 0 Å². The van der Waals surface area contributed by atoms with E-state index in [-0.39, 0.29) is 0 Å². The lowest BCUT2D eigenvalue weighted by Crippen LogP contribution is -2.11. The van der Waals surface area contributed by atoms with Gasteiger partial charge in [-0.25, -0.2) is 9.67 Å². The van der Waals surface area contributed by atoms with E-state index in [0.29, 0.717) is 17.9 Å². The lowest BCUT2D eigenvalue weighted by molar-refractivity contribution is 0.100. The van der Waals surface area contributed by atoms with Crippen LogP contribution >= 0.6 is 0 Å². The Balaban J connectivity index is 2.41. The van der Waals surface area contributed by atoms with Gasteiger partial charge >= 0.3 is 0 Å². The van der Waals surface area contributed by atoms with Crippen molar-refractivity contribution in [3.8, 4) is 5.82 Å². The molecule has 2 aromatic heterocycles. The number of rotatable bonds is 4. The van der Waals surface area contributed by atoms with Crippen LogP contribution in [0.15, 0.2) is 30.7 Å². The summed E-state index contributed by atoms with van der Waals surface area (Å²) in [6, 6.07) is 3.80. The van der Waals surface area contributed by atoms with Gasteiger partial charge in [0.15, 0.2) is 5.82 Å². The second-order valence-electron chi connectivity index (χ2n) is 3.55. The lowest BCUT2D eigenvalue weighted by Gasteiger charge is -2.06. The quantitative estimate of drug-likeness (QED) is 0.780. The highest BCUT2D eigenvalue weighted by molar-refractivity contribution is 5.92. The standard InChI is InChI=1S/C11H13N5O/c1-13-5-8-3-2-4-14-11(8)16-7-9(6-15-16)10(12)17/h2-4,6-7,13H,5H2,1H3,(H2,12,17). The predicted molar refractivity (Wildman–Crippen MR) is 62.6 cm³/mol. The van der Waals surface area contributed by atoms with Gasteiger partial charge in [0.25, 0.3) is 5.91 Å². The second-order valence-corrected chi connectivity index (χ2v) is 3.55. The summed E-state index contributed by atoms with van der Waals surface area (Å²) in [6.45, 7) is 0.676. The highest BCUT2D eigenvalue weighted by atomic mass is 16.1. The molecule has 0 saturated carbocycles. The van der Waals surface area contributed by atoms with Crippen LogP contribution in [-0.2, 0) is 6.54 Å². The summed E-state index contributed by atoms with van der Waals surface area (Å²) >= 11 is 0. The molecule has 2 aromatic rings. The van der Waals surface area contributed by atoms with Gasteiger partial charge in [-0.3, -0.25) is 4.79 Å². The van der Waals surface area contributed by atoms with E-state index in [1.807, 2.05) is 19.2 Å². The minimum Gasteiger partial charge on any atom is -0.366 e. The summed E-state index contributed by atoms with van der Waals surface area (Å²) in [5, 5.41) is 7.13. The number of amides is 1. The van der Waals surface area contributed by atoms with Crippen LogP contribution < -0.4 is 11.1 Å². The van der Waals surface area contributed by atoms with Crippen LogP contribution in [-0.4, -0.2) is 27.7 Å². The van der Waals surface area contributed by atoms with Crippen molar-refractivity contribution in [1.29, 1.82) is 0 Å². The number of hydrogen-bond donors (Lipinski definition) is 2. The first-order valence-electron chi connectivity index (χ1n) is 5.15. The van der Waals surface area contributed by atoms with E-state index in [2.05, 4.69) is 15.4 Å². The molecule has 88 valence electrons. The first kappa shape index (κ1) is 11.3. The Labute approximate surface area is 98.5 Å². The van der Waals surface area contributed by atoms with Crippen molar-refractivity contribution in [2.45, 2.75) is 6.54 Å². The van der Waals surface area contributed by atoms with Gasteiger partial charge in [-0.2, -0.15) is 5.10 Å². The van der Waals surface area contributed by atoms with E-state index in [0.717, 1.165) is 5.56 Å². The minimum absolute atomic E-state index is 0.367. The molecule has 0 bridgehead atoms. The smallest absolute Gasteiger partial charge is 0.251 e. The van der Waals surface area contributed by atoms with Crippen LogP contribution in [0, 0.1) is 0 Å². The Morgan fingerprint density at radius 1 is 1.59 bits per heavy atom. The maximum atomic E-state index is 11.0. The molecule has 0 spiro atoms. The Bertz CT molecular complexity index is 534. The minimum atomic E-state index is -0.498. The Hall–Kier alpha value is -2.21. The van der Waals surface area contributed by atoms with Crippen molar-refractivity contribution in [3.63, 3.8) is 0 Å². The molecule has 0 aliphatic carbocycles. The van der Waals surface area contributed by atoms with Gasteiger partial charge in [-0.1, -0.05) is 6.07 Å². The Morgan fingerprint density at radius 2 is 2.41 bits per heavy atom. The molecule has 2 heterocycles. The normalized spacial score (nSPS) is 10.4. The number of primary amides is 1. The van der Waals surface area contributed by atoms with Gasteiger partial charge in [0, 0.05) is 24.5 Å². The van der Waals surface area contributed by atoms with E-state index < -0.39 is 5.91 Å². The molecular formula is C11H13N5O. The average Bonchev–Trinajstić information content (AvgIpc) is 2.79. The number of carbonyl (C=O) groups is 1. The summed E-state index contributed by atoms with van der Waals surface area (Å²) in [5.74, 6) is 0.191. The topological polar surface area (TPSA) is 85.8 Å². The van der Waals surface area contributed by atoms with Crippen molar-refractivity contribution in [2.75, 3.05) is 7.05 Å². The molecule has 0 unspecified atom stereocenters. The molecule has 2 rings (SSSR count).